The summed E-state index contributed by atoms with van der Waals surface area (Å²) in [6.45, 7) is 15.4. The normalized spacial score (nSPS) is 11.5. The van der Waals surface area contributed by atoms with Crippen LogP contribution in [-0.2, 0) is 22.6 Å². The van der Waals surface area contributed by atoms with E-state index in [0.29, 0.717) is 31.0 Å². The number of hydrogen-bond donors (Lipinski definition) is 2. The predicted octanol–water partition coefficient (Wildman–Crippen LogP) is 8.55. The first-order valence-corrected chi connectivity index (χ1v) is 16.9. The molecule has 4 rings (SSSR count). The van der Waals surface area contributed by atoms with Gasteiger partial charge in [0.05, 0.1) is 13.2 Å². The van der Waals surface area contributed by atoms with Crippen LogP contribution < -0.4 is 14.8 Å². The van der Waals surface area contributed by atoms with E-state index in [4.69, 9.17) is 14.2 Å². The molecular weight excluding hydrogens is 574 g/mol. The number of carboxylic acids is 1. The SMILES string of the molecule is CC.CC.CCC.CSCCC(NC(=O)c1ccc(COCCc2ccc3c(c2)OCO3)cc1-c1ccccc1C)C(=O)O. The van der Waals surface area contributed by atoms with Crippen molar-refractivity contribution in [2.45, 2.75) is 80.4 Å². The van der Waals surface area contributed by atoms with Crippen molar-refractivity contribution in [2.24, 2.45) is 0 Å². The van der Waals surface area contributed by atoms with Gasteiger partial charge in [-0.3, -0.25) is 4.79 Å². The zero-order valence-corrected chi connectivity index (χ0v) is 28.5. The van der Waals surface area contributed by atoms with E-state index in [1.54, 1.807) is 17.8 Å². The number of rotatable bonds is 12. The number of carbonyl (C=O) groups is 2. The Balaban J connectivity index is 0.00000128. The molecule has 2 N–H and O–H groups in total. The van der Waals surface area contributed by atoms with E-state index in [0.717, 1.165) is 45.7 Å². The molecule has 0 saturated heterocycles. The highest BCUT2D eigenvalue weighted by Gasteiger charge is 2.23. The van der Waals surface area contributed by atoms with Gasteiger partial charge in [0.2, 0.25) is 6.79 Å². The Morgan fingerprint density at radius 3 is 2.25 bits per heavy atom. The van der Waals surface area contributed by atoms with Gasteiger partial charge in [0, 0.05) is 5.56 Å². The van der Waals surface area contributed by atoms with Crippen molar-refractivity contribution in [3.63, 3.8) is 0 Å². The summed E-state index contributed by atoms with van der Waals surface area (Å²) in [5.74, 6) is 0.725. The van der Waals surface area contributed by atoms with Crippen LogP contribution in [0, 0.1) is 6.92 Å². The standard InChI is InChI=1S/C29H31NO6S.C3H8.2C2H6/c1-19-5-3-4-6-22(19)24-15-21(7-9-23(24)28(31)30-25(29(32)33)12-14-37-2)17-34-13-11-20-8-10-26-27(16-20)36-18-35-26;1-3-2;2*1-2/h3-10,15-16,25H,11-14,17-18H2,1-2H3,(H,30,31)(H,32,33);3H2,1-2H3;2*1-2H3. The maximum Gasteiger partial charge on any atom is 0.326 e. The summed E-state index contributed by atoms with van der Waals surface area (Å²) in [5, 5.41) is 12.3. The minimum Gasteiger partial charge on any atom is -0.480 e. The summed E-state index contributed by atoms with van der Waals surface area (Å²) in [4.78, 5) is 24.9. The van der Waals surface area contributed by atoms with Gasteiger partial charge in [-0.15, -0.1) is 0 Å². The molecule has 44 heavy (non-hydrogen) atoms. The number of aryl methyl sites for hydroxylation is 1. The third kappa shape index (κ3) is 12.2. The zero-order chi connectivity index (χ0) is 32.9. The average molecular weight is 626 g/mol. The number of ether oxygens (including phenoxy) is 3. The summed E-state index contributed by atoms with van der Waals surface area (Å²) in [6.07, 6.45) is 4.25. The fraction of sp³-hybridized carbons (Fsp3) is 0.444. The molecule has 1 atom stereocenters. The lowest BCUT2D eigenvalue weighted by Gasteiger charge is -2.18. The first kappa shape index (κ1) is 38.5. The lowest BCUT2D eigenvalue weighted by molar-refractivity contribution is -0.139. The van der Waals surface area contributed by atoms with E-state index in [2.05, 4.69) is 19.2 Å². The number of aliphatic carboxylic acids is 1. The Bertz CT molecular complexity index is 1280. The Hall–Kier alpha value is -3.49. The molecule has 242 valence electrons. The van der Waals surface area contributed by atoms with Gasteiger partial charge in [-0.2, -0.15) is 11.8 Å². The van der Waals surface area contributed by atoms with Crippen LogP contribution in [0.15, 0.2) is 60.7 Å². The molecule has 1 amide bonds. The lowest BCUT2D eigenvalue weighted by atomic mass is 9.93. The van der Waals surface area contributed by atoms with Crippen LogP contribution in [0.2, 0.25) is 0 Å². The lowest BCUT2D eigenvalue weighted by Crippen LogP contribution is -2.41. The highest BCUT2D eigenvalue weighted by atomic mass is 32.2. The van der Waals surface area contributed by atoms with Gasteiger partial charge in [0.25, 0.3) is 5.91 Å². The number of fused-ring (bicyclic) bond motifs is 1. The molecule has 0 radical (unpaired) electrons. The largest absolute Gasteiger partial charge is 0.480 e. The fourth-order valence-electron chi connectivity index (χ4n) is 4.18. The average Bonchev–Trinajstić information content (AvgIpc) is 3.52. The Morgan fingerprint density at radius 2 is 1.59 bits per heavy atom. The number of benzene rings is 3. The molecule has 0 saturated carbocycles. The Morgan fingerprint density at radius 1 is 0.932 bits per heavy atom. The van der Waals surface area contributed by atoms with Crippen molar-refractivity contribution in [1.82, 2.24) is 5.32 Å². The molecule has 8 heteroatoms. The molecule has 0 spiro atoms. The summed E-state index contributed by atoms with van der Waals surface area (Å²) in [6, 6.07) is 18.3. The monoisotopic (exact) mass is 625 g/mol. The predicted molar refractivity (Wildman–Crippen MR) is 183 cm³/mol. The third-order valence-corrected chi connectivity index (χ3v) is 6.86. The maximum atomic E-state index is 13.2. The van der Waals surface area contributed by atoms with Gasteiger partial charge in [-0.25, -0.2) is 4.79 Å². The number of hydrogen-bond acceptors (Lipinski definition) is 6. The minimum atomic E-state index is -1.03. The molecule has 1 aliphatic heterocycles. The van der Waals surface area contributed by atoms with Crippen molar-refractivity contribution < 1.29 is 28.9 Å². The van der Waals surface area contributed by atoms with Crippen molar-refractivity contribution in [3.05, 3.63) is 82.9 Å². The molecule has 1 unspecified atom stereocenters. The van der Waals surface area contributed by atoms with Crippen LogP contribution in [0.1, 0.15) is 81.4 Å². The molecule has 3 aromatic rings. The minimum absolute atomic E-state index is 0.251. The van der Waals surface area contributed by atoms with Crippen LogP contribution in [0.5, 0.6) is 11.5 Å². The van der Waals surface area contributed by atoms with Crippen LogP contribution in [0.4, 0.5) is 0 Å². The molecule has 7 nitrogen and oxygen atoms in total. The smallest absolute Gasteiger partial charge is 0.326 e. The molecule has 0 aromatic heterocycles. The van der Waals surface area contributed by atoms with Crippen LogP contribution in [0.25, 0.3) is 11.1 Å². The van der Waals surface area contributed by atoms with Crippen molar-refractivity contribution in [2.75, 3.05) is 25.4 Å². The number of amides is 1. The van der Waals surface area contributed by atoms with Gasteiger partial charge in [-0.1, -0.05) is 84.4 Å². The fourth-order valence-corrected chi connectivity index (χ4v) is 4.65. The molecule has 0 bridgehead atoms. The van der Waals surface area contributed by atoms with Crippen molar-refractivity contribution >= 4 is 23.6 Å². The van der Waals surface area contributed by atoms with Gasteiger partial charge in [0.15, 0.2) is 11.5 Å². The Labute approximate surface area is 268 Å². The highest BCUT2D eigenvalue weighted by molar-refractivity contribution is 7.98. The first-order valence-electron chi connectivity index (χ1n) is 15.6. The van der Waals surface area contributed by atoms with E-state index in [1.807, 2.05) is 95.5 Å². The van der Waals surface area contributed by atoms with E-state index >= 15 is 0 Å². The van der Waals surface area contributed by atoms with E-state index in [-0.39, 0.29) is 6.79 Å². The second-order valence-electron chi connectivity index (χ2n) is 9.54. The second kappa shape index (κ2) is 22.1. The van der Waals surface area contributed by atoms with E-state index in [9.17, 15) is 14.7 Å². The summed E-state index contributed by atoms with van der Waals surface area (Å²) >= 11 is 1.55. The summed E-state index contributed by atoms with van der Waals surface area (Å²) in [7, 11) is 0. The van der Waals surface area contributed by atoms with Gasteiger partial charge < -0.3 is 24.6 Å². The number of carbonyl (C=O) groups excluding carboxylic acids is 1. The summed E-state index contributed by atoms with van der Waals surface area (Å²) in [5.41, 5.74) is 5.17. The number of nitrogens with one attached hydrogen (secondary N) is 1. The molecular formula is C36H51NO6S. The summed E-state index contributed by atoms with van der Waals surface area (Å²) < 4.78 is 16.7. The van der Waals surface area contributed by atoms with Crippen LogP contribution >= 0.6 is 11.8 Å². The number of thioether (sulfide) groups is 1. The molecule has 3 aromatic carbocycles. The molecule has 1 aliphatic rings. The third-order valence-electron chi connectivity index (χ3n) is 6.22. The van der Waals surface area contributed by atoms with Gasteiger partial charge >= 0.3 is 5.97 Å². The number of carboxylic acid groups (broad SMARTS) is 1. The Kier molecular flexibility index (Phi) is 19.3. The zero-order valence-electron chi connectivity index (χ0n) is 27.7. The topological polar surface area (TPSA) is 94.1 Å². The van der Waals surface area contributed by atoms with Gasteiger partial charge in [-0.05, 0) is 83.9 Å². The molecule has 0 aliphatic carbocycles. The molecule has 1 heterocycles. The van der Waals surface area contributed by atoms with E-state index in [1.165, 1.54) is 6.42 Å². The van der Waals surface area contributed by atoms with Gasteiger partial charge in [0.1, 0.15) is 6.04 Å². The first-order chi connectivity index (χ1) is 21.4. The van der Waals surface area contributed by atoms with Crippen molar-refractivity contribution in [1.29, 1.82) is 0 Å². The second-order valence-corrected chi connectivity index (χ2v) is 10.5. The maximum absolute atomic E-state index is 13.2. The highest BCUT2D eigenvalue weighted by Crippen LogP contribution is 2.33. The quantitative estimate of drug-likeness (QED) is 0.195. The van der Waals surface area contributed by atoms with E-state index < -0.39 is 17.9 Å². The van der Waals surface area contributed by atoms with Crippen LogP contribution in [0.3, 0.4) is 0 Å². The van der Waals surface area contributed by atoms with Crippen molar-refractivity contribution in [3.8, 4) is 22.6 Å². The molecule has 0 fully saturated rings. The van der Waals surface area contributed by atoms with Crippen LogP contribution in [-0.4, -0.2) is 48.4 Å².